The minimum absolute atomic E-state index is 0.0255. The Morgan fingerprint density at radius 2 is 1.65 bits per heavy atom. The molecule has 3 aliphatic rings. The topological polar surface area (TPSA) is 126 Å². The average Bonchev–Trinajstić information content (AvgIpc) is 3.72. The Morgan fingerprint density at radius 3 is 2.27 bits per heavy atom. The molecule has 0 unspecified atom stereocenters. The summed E-state index contributed by atoms with van der Waals surface area (Å²) in [7, 11) is -3.32. The number of pyridine rings is 1. The van der Waals surface area contributed by atoms with Crippen molar-refractivity contribution >= 4 is 45.2 Å². The highest BCUT2D eigenvalue weighted by Gasteiger charge is 2.52. The van der Waals surface area contributed by atoms with E-state index in [4.69, 9.17) is 50.0 Å². The van der Waals surface area contributed by atoms with Gasteiger partial charge in [-0.05, 0) is 67.4 Å². The van der Waals surface area contributed by atoms with Crippen LogP contribution in [0.25, 0.3) is 22.4 Å². The van der Waals surface area contributed by atoms with Crippen molar-refractivity contribution in [3.63, 3.8) is 0 Å². The van der Waals surface area contributed by atoms with Crippen molar-refractivity contribution in [2.24, 2.45) is 0 Å². The summed E-state index contributed by atoms with van der Waals surface area (Å²) in [5.41, 5.74) is 4.06. The molecule has 3 fully saturated rings. The molecular weight excluding hydrogens is 704 g/mol. The highest BCUT2D eigenvalue weighted by molar-refractivity contribution is 6.76. The third kappa shape index (κ3) is 8.82. The highest BCUT2D eigenvalue weighted by atomic mass is 35.5. The van der Waals surface area contributed by atoms with E-state index in [2.05, 4.69) is 83.1 Å². The predicted molar refractivity (Wildman–Crippen MR) is 204 cm³/mol. The first-order valence-corrected chi connectivity index (χ1v) is 25.3. The number of amides is 1. The number of halogens is 1. The Morgan fingerprint density at radius 1 is 1.00 bits per heavy atom. The maximum Gasteiger partial charge on any atom is 0.404 e. The molecule has 0 bridgehead atoms. The van der Waals surface area contributed by atoms with Crippen molar-refractivity contribution in [1.82, 2.24) is 19.9 Å². The van der Waals surface area contributed by atoms with Gasteiger partial charge in [0.1, 0.15) is 24.5 Å². The van der Waals surface area contributed by atoms with Crippen molar-refractivity contribution in [1.29, 1.82) is 0 Å². The fourth-order valence-electron chi connectivity index (χ4n) is 6.93. The summed E-state index contributed by atoms with van der Waals surface area (Å²) in [4.78, 5) is 21.0. The molecule has 0 spiro atoms. The Kier molecular flexibility index (Phi) is 11.3. The second-order valence-electron chi connectivity index (χ2n) is 17.1. The van der Waals surface area contributed by atoms with E-state index >= 15 is 0 Å². The van der Waals surface area contributed by atoms with E-state index in [9.17, 15) is 4.79 Å². The molecule has 3 aromatic rings. The number of benzene rings is 1. The molecule has 2 N–H and O–H groups in total. The molecule has 2 aliphatic heterocycles. The van der Waals surface area contributed by atoms with Gasteiger partial charge in [-0.1, -0.05) is 76.3 Å². The molecule has 11 nitrogen and oxygen atoms in total. The van der Waals surface area contributed by atoms with Crippen molar-refractivity contribution in [2.45, 2.75) is 133 Å². The van der Waals surface area contributed by atoms with Crippen LogP contribution in [0.1, 0.15) is 57.9 Å². The van der Waals surface area contributed by atoms with Crippen LogP contribution in [0.4, 0.5) is 4.79 Å². The molecule has 4 heterocycles. The summed E-state index contributed by atoms with van der Waals surface area (Å²) in [5.74, 6) is 0.392. The van der Waals surface area contributed by atoms with Crippen molar-refractivity contribution < 1.29 is 33.3 Å². The molecule has 51 heavy (non-hydrogen) atoms. The number of fused-ring (bicyclic) bond motifs is 2. The van der Waals surface area contributed by atoms with Crippen molar-refractivity contribution in [2.75, 3.05) is 19.8 Å². The van der Waals surface area contributed by atoms with Gasteiger partial charge in [-0.3, -0.25) is 4.57 Å². The Labute approximate surface area is 308 Å². The summed E-state index contributed by atoms with van der Waals surface area (Å²) in [6.07, 6.45) is 1.64. The number of rotatable bonds is 12. The lowest BCUT2D eigenvalue weighted by Crippen LogP contribution is -2.47. The molecule has 4 atom stereocenters. The van der Waals surface area contributed by atoms with Crippen LogP contribution < -0.4 is 10.1 Å². The molecule has 1 aliphatic carbocycles. The summed E-state index contributed by atoms with van der Waals surface area (Å²) in [5, 5.41) is 12.3. The summed E-state index contributed by atoms with van der Waals surface area (Å²) >= 11 is 6.88. The Hall–Kier alpha value is -2.53. The third-order valence-corrected chi connectivity index (χ3v) is 17.5. The van der Waals surface area contributed by atoms with Crippen LogP contribution in [0.2, 0.25) is 48.8 Å². The average molecular weight is 759 g/mol. The minimum atomic E-state index is -2.02. The number of hydrogen-bond donors (Lipinski definition) is 2. The largest absolute Gasteiger partial charge is 0.465 e. The van der Waals surface area contributed by atoms with Crippen molar-refractivity contribution in [3.8, 4) is 17.3 Å². The number of aromatic nitrogens is 3. The zero-order valence-corrected chi connectivity index (χ0v) is 34.1. The van der Waals surface area contributed by atoms with Crippen LogP contribution in [-0.4, -0.2) is 92.4 Å². The maximum atomic E-state index is 11.1. The van der Waals surface area contributed by atoms with E-state index in [1.54, 1.807) is 0 Å². The first-order valence-electron chi connectivity index (χ1n) is 18.3. The molecule has 1 aromatic carbocycles. The summed E-state index contributed by atoms with van der Waals surface area (Å²) in [6, 6.07) is 11.7. The van der Waals surface area contributed by atoms with E-state index in [1.807, 2.05) is 10.6 Å². The predicted octanol–water partition coefficient (Wildman–Crippen LogP) is 8.29. The van der Waals surface area contributed by atoms with Gasteiger partial charge in [-0.25, -0.2) is 9.78 Å². The molecule has 14 heteroatoms. The number of carbonyl (C=O) groups is 1. The minimum Gasteiger partial charge on any atom is -0.465 e. The summed E-state index contributed by atoms with van der Waals surface area (Å²) in [6.45, 7) is 19.9. The van der Waals surface area contributed by atoms with Crippen LogP contribution in [-0.2, 0) is 25.4 Å². The normalized spacial score (nSPS) is 25.7. The van der Waals surface area contributed by atoms with Gasteiger partial charge in [0, 0.05) is 26.3 Å². The standard InChI is InChI=1S/C37H55ClN4O7Si2/c1-37(2,3)51(7,8)49-30-21-47-32-29(20-46-33(30)32)48-35-40-28-19-27(38)31(41-34(28)42(35)22-45-17-18-50(4,5)6)25-11-9-23(10-12-25)24-13-15-26(16-14-24)39-36(43)44/h9-12,19,24,26,29-30,32-33,39H,13-18,20-22H2,1-8H3,(H,43,44)/t24?,26?,29-,30-,32-,33-/m1/s1. The van der Waals surface area contributed by atoms with Gasteiger partial charge in [0.05, 0.1) is 30.0 Å². The fourth-order valence-corrected chi connectivity index (χ4v) is 9.25. The van der Waals surface area contributed by atoms with Crippen LogP contribution in [0.5, 0.6) is 6.01 Å². The molecule has 6 rings (SSSR count). The number of hydrogen-bond acceptors (Lipinski definition) is 8. The molecule has 280 valence electrons. The quantitative estimate of drug-likeness (QED) is 0.139. The van der Waals surface area contributed by atoms with E-state index in [1.165, 1.54) is 5.56 Å². The maximum absolute atomic E-state index is 11.1. The first-order chi connectivity index (χ1) is 24.0. The van der Waals surface area contributed by atoms with E-state index in [0.29, 0.717) is 53.6 Å². The molecule has 1 amide bonds. The number of ether oxygens (including phenoxy) is 4. The van der Waals surface area contributed by atoms with Crippen molar-refractivity contribution in [3.05, 3.63) is 40.9 Å². The van der Waals surface area contributed by atoms with Crippen LogP contribution in [0.15, 0.2) is 30.3 Å². The first kappa shape index (κ1) is 38.2. The third-order valence-electron chi connectivity index (χ3n) is 11.0. The molecule has 0 radical (unpaired) electrons. The smallest absolute Gasteiger partial charge is 0.404 e. The molecule has 1 saturated carbocycles. The zero-order valence-electron chi connectivity index (χ0n) is 31.3. The second-order valence-corrected chi connectivity index (χ2v) is 27.9. The zero-order chi connectivity index (χ0) is 36.7. The highest BCUT2D eigenvalue weighted by Crippen LogP contribution is 2.41. The van der Waals surface area contributed by atoms with Gasteiger partial charge in [0.25, 0.3) is 0 Å². The molecule has 2 aromatic heterocycles. The second kappa shape index (κ2) is 15.1. The van der Waals surface area contributed by atoms with E-state index < -0.39 is 22.5 Å². The van der Waals surface area contributed by atoms with Gasteiger partial charge in [0.2, 0.25) is 0 Å². The van der Waals surface area contributed by atoms with Gasteiger partial charge in [0.15, 0.2) is 20.1 Å². The summed E-state index contributed by atoms with van der Waals surface area (Å²) < 4.78 is 34.0. The van der Waals surface area contributed by atoms with Gasteiger partial charge in [-0.2, -0.15) is 4.98 Å². The lowest BCUT2D eigenvalue weighted by molar-refractivity contribution is 0.00687. The Balaban J connectivity index is 1.22. The Bertz CT molecular complexity index is 1680. The van der Waals surface area contributed by atoms with E-state index in [-0.39, 0.29) is 42.2 Å². The van der Waals surface area contributed by atoms with E-state index in [0.717, 1.165) is 37.3 Å². The number of carboxylic acid groups (broad SMARTS) is 1. The molecule has 2 saturated heterocycles. The van der Waals surface area contributed by atoms with Gasteiger partial charge < -0.3 is 33.8 Å². The van der Waals surface area contributed by atoms with Crippen LogP contribution in [0, 0.1) is 0 Å². The number of nitrogens with zero attached hydrogens (tertiary/aromatic N) is 3. The van der Waals surface area contributed by atoms with Crippen LogP contribution >= 0.6 is 11.6 Å². The monoisotopic (exact) mass is 758 g/mol. The lowest BCUT2D eigenvalue weighted by Gasteiger charge is -2.39. The van der Waals surface area contributed by atoms with Gasteiger partial charge in [-0.15, -0.1) is 0 Å². The molecular formula is C37H55ClN4O7Si2. The van der Waals surface area contributed by atoms with Crippen LogP contribution in [0.3, 0.4) is 0 Å². The fraction of sp³-hybridized carbons (Fsp3) is 0.649. The number of imidazole rings is 1. The SMILES string of the molecule is CC(C)(C)[Si](C)(C)O[C@@H]1CO[C@H]2[C@@H]1OC[C@H]2Oc1nc2cc(Cl)c(-c3ccc(C4CCC(NC(=O)O)CC4)cc3)nc2n1COCC[Si](C)(C)C. The lowest BCUT2D eigenvalue weighted by atomic mass is 9.81. The number of nitrogens with one attached hydrogen (secondary N) is 1. The van der Waals surface area contributed by atoms with Gasteiger partial charge >= 0.3 is 12.1 Å².